The van der Waals surface area contributed by atoms with Gasteiger partial charge in [-0.2, -0.15) is 0 Å². The van der Waals surface area contributed by atoms with Crippen LogP contribution >= 0.6 is 0 Å². The van der Waals surface area contributed by atoms with E-state index in [1.165, 1.54) is 0 Å². The zero-order valence-electron chi connectivity index (χ0n) is 26.6. The molecule has 0 aliphatic heterocycles. The minimum absolute atomic E-state index is 0.0222. The first-order chi connectivity index (χ1) is 22.9. The number of aromatic nitrogens is 1. The number of H-pyrrole nitrogens is 1. The van der Waals surface area contributed by atoms with Gasteiger partial charge in [0.25, 0.3) is 0 Å². The second kappa shape index (κ2) is 18.5. The highest BCUT2D eigenvalue weighted by Crippen LogP contribution is 2.19. The van der Waals surface area contributed by atoms with Gasteiger partial charge in [0.2, 0.25) is 17.7 Å². The first-order valence-electron chi connectivity index (χ1n) is 15.5. The van der Waals surface area contributed by atoms with Crippen molar-refractivity contribution in [3.05, 3.63) is 71.9 Å². The maximum absolute atomic E-state index is 13.7. The van der Waals surface area contributed by atoms with E-state index in [2.05, 4.69) is 30.9 Å². The number of benzene rings is 2. The van der Waals surface area contributed by atoms with Crippen LogP contribution in [0.4, 0.5) is 0 Å². The highest BCUT2D eigenvalue weighted by atomic mass is 16.4. The summed E-state index contributed by atoms with van der Waals surface area (Å²) in [5.41, 5.74) is 30.4. The number of carbonyl (C=O) groups is 4. The minimum atomic E-state index is -1.27. The molecule has 0 saturated carbocycles. The number of carboxylic acid groups (broad SMARTS) is 1. The average molecular weight is 664 g/mol. The number of carbonyl (C=O) groups excluding carboxylic acids is 3. The van der Waals surface area contributed by atoms with Gasteiger partial charge in [-0.3, -0.25) is 24.4 Å². The molecule has 48 heavy (non-hydrogen) atoms. The third-order valence-corrected chi connectivity index (χ3v) is 7.51. The van der Waals surface area contributed by atoms with Crippen LogP contribution < -0.4 is 44.6 Å². The predicted molar refractivity (Wildman–Crippen MR) is 183 cm³/mol. The Balaban J connectivity index is 1.76. The number of hydrogen-bond acceptors (Lipinski definition) is 7. The molecule has 3 rings (SSSR count). The SMILES string of the molecule is NC(N)=NCCC[C@H](NC(=O)[C@H](CCCN=C(N)N)NC(=O)[C@@H](N)Cc1c[nH]c2ccccc12)C(=O)N[C@@H](Cc1ccccc1)C(=O)O. The summed E-state index contributed by atoms with van der Waals surface area (Å²) in [5, 5.41) is 18.7. The fourth-order valence-electron chi connectivity index (χ4n) is 5.05. The van der Waals surface area contributed by atoms with Gasteiger partial charge in [0.15, 0.2) is 11.9 Å². The summed E-state index contributed by atoms with van der Waals surface area (Å²) >= 11 is 0. The van der Waals surface area contributed by atoms with Gasteiger partial charge < -0.3 is 54.7 Å². The van der Waals surface area contributed by atoms with E-state index in [0.717, 1.165) is 16.5 Å². The third kappa shape index (κ3) is 11.9. The maximum atomic E-state index is 13.7. The van der Waals surface area contributed by atoms with Gasteiger partial charge in [-0.25, -0.2) is 4.79 Å². The van der Waals surface area contributed by atoms with Crippen molar-refractivity contribution in [2.45, 2.75) is 62.7 Å². The Hall–Kier alpha value is -5.64. The molecule has 0 unspecified atom stereocenters. The van der Waals surface area contributed by atoms with Gasteiger partial charge in [0, 0.05) is 36.6 Å². The van der Waals surface area contributed by atoms with Crippen molar-refractivity contribution in [2.24, 2.45) is 38.7 Å². The Labute approximate surface area is 278 Å². The van der Waals surface area contributed by atoms with Crippen LogP contribution in [0.2, 0.25) is 0 Å². The van der Waals surface area contributed by atoms with E-state index < -0.39 is 47.9 Å². The monoisotopic (exact) mass is 663 g/mol. The summed E-state index contributed by atoms with van der Waals surface area (Å²) in [7, 11) is 0. The van der Waals surface area contributed by atoms with Crippen molar-refractivity contribution in [3.63, 3.8) is 0 Å². The molecule has 0 fully saturated rings. The van der Waals surface area contributed by atoms with E-state index in [0.29, 0.717) is 12.0 Å². The molecule has 0 bridgehead atoms. The Kier molecular flexibility index (Phi) is 14.2. The van der Waals surface area contributed by atoms with Crippen LogP contribution in [0, 0.1) is 0 Å². The molecule has 1 heterocycles. The van der Waals surface area contributed by atoms with Crippen molar-refractivity contribution in [3.8, 4) is 0 Å². The van der Waals surface area contributed by atoms with Gasteiger partial charge in [-0.15, -0.1) is 0 Å². The molecule has 4 atom stereocenters. The van der Waals surface area contributed by atoms with Crippen LogP contribution in [0.5, 0.6) is 0 Å². The zero-order valence-corrected chi connectivity index (χ0v) is 26.6. The van der Waals surface area contributed by atoms with Crippen molar-refractivity contribution in [1.82, 2.24) is 20.9 Å². The van der Waals surface area contributed by atoms with Crippen LogP contribution in [0.25, 0.3) is 10.9 Å². The molecule has 2 aromatic carbocycles. The summed E-state index contributed by atoms with van der Waals surface area (Å²) in [4.78, 5) is 63.4. The highest BCUT2D eigenvalue weighted by Gasteiger charge is 2.30. The molecule has 16 nitrogen and oxygen atoms in total. The minimum Gasteiger partial charge on any atom is -0.480 e. The van der Waals surface area contributed by atoms with Crippen LogP contribution in [-0.4, -0.2) is 83.0 Å². The number of aliphatic imine (C=N–C) groups is 2. The second-order valence-electron chi connectivity index (χ2n) is 11.3. The van der Waals surface area contributed by atoms with E-state index in [9.17, 15) is 24.3 Å². The van der Waals surface area contributed by atoms with E-state index >= 15 is 0 Å². The second-order valence-corrected chi connectivity index (χ2v) is 11.3. The standard InChI is InChI=1S/C32H45N11O5/c33-22(17-20-18-40-23-11-5-4-10-21(20)23)27(44)41-24(12-6-14-38-31(34)35)28(45)42-25(13-7-15-39-32(36)37)29(46)43-26(30(47)48)16-19-8-2-1-3-9-19/h1-5,8-11,18,22,24-26,40H,6-7,12-17,33H2,(H,41,44)(H,42,45)(H,43,46)(H,47,48)(H4,34,35,38)(H4,36,37,39)/t22-,24-,25-,26-/m0/s1. The number of nitrogens with two attached hydrogens (primary N) is 5. The first-order valence-corrected chi connectivity index (χ1v) is 15.5. The molecule has 0 aliphatic rings. The van der Waals surface area contributed by atoms with E-state index in [4.69, 9.17) is 28.7 Å². The van der Waals surface area contributed by atoms with Gasteiger partial charge in [-0.05, 0) is 49.3 Å². The highest BCUT2D eigenvalue weighted by molar-refractivity contribution is 5.94. The topological polar surface area (TPSA) is 295 Å². The normalized spacial score (nSPS) is 13.4. The third-order valence-electron chi connectivity index (χ3n) is 7.51. The number of hydrogen-bond donors (Lipinski definition) is 10. The molecular weight excluding hydrogens is 618 g/mol. The molecule has 3 aromatic rings. The number of nitrogens with zero attached hydrogens (tertiary/aromatic N) is 2. The van der Waals surface area contributed by atoms with E-state index in [1.54, 1.807) is 36.5 Å². The lowest BCUT2D eigenvalue weighted by Gasteiger charge is -2.25. The van der Waals surface area contributed by atoms with Crippen molar-refractivity contribution < 1.29 is 24.3 Å². The van der Waals surface area contributed by atoms with Crippen LogP contribution in [0.15, 0.2) is 70.8 Å². The summed E-state index contributed by atoms with van der Waals surface area (Å²) in [6.45, 7) is 0.349. The summed E-state index contributed by atoms with van der Waals surface area (Å²) in [6.07, 6.45) is 2.78. The summed E-state index contributed by atoms with van der Waals surface area (Å²) in [6, 6.07) is 11.8. The number of aromatic amines is 1. The summed E-state index contributed by atoms with van der Waals surface area (Å²) < 4.78 is 0. The van der Waals surface area contributed by atoms with Gasteiger partial charge >= 0.3 is 5.97 Å². The smallest absolute Gasteiger partial charge is 0.326 e. The van der Waals surface area contributed by atoms with Gasteiger partial charge in [0.1, 0.15) is 18.1 Å². The number of fused-ring (bicyclic) bond motifs is 1. The Bertz CT molecular complexity index is 1580. The quantitative estimate of drug-likeness (QED) is 0.0420. The molecule has 258 valence electrons. The van der Waals surface area contributed by atoms with Gasteiger partial charge in [0.05, 0.1) is 6.04 Å². The van der Waals surface area contributed by atoms with Crippen molar-refractivity contribution in [2.75, 3.05) is 13.1 Å². The molecular formula is C32H45N11O5. The van der Waals surface area contributed by atoms with Crippen LogP contribution in [-0.2, 0) is 32.0 Å². The molecule has 1 aromatic heterocycles. The Morgan fingerprint density at radius 1 is 0.708 bits per heavy atom. The fourth-order valence-corrected chi connectivity index (χ4v) is 5.05. The first kappa shape index (κ1) is 36.8. The lowest BCUT2D eigenvalue weighted by Crippen LogP contribution is -2.57. The zero-order chi connectivity index (χ0) is 35.1. The molecule has 0 aliphatic carbocycles. The molecule has 0 spiro atoms. The van der Waals surface area contributed by atoms with Crippen LogP contribution in [0.1, 0.15) is 36.8 Å². The number of guanidine groups is 2. The lowest BCUT2D eigenvalue weighted by atomic mass is 10.0. The Morgan fingerprint density at radius 2 is 1.23 bits per heavy atom. The lowest BCUT2D eigenvalue weighted by molar-refractivity contribution is -0.142. The molecule has 16 heteroatoms. The fraction of sp³-hybridized carbons (Fsp3) is 0.375. The maximum Gasteiger partial charge on any atom is 0.326 e. The number of rotatable bonds is 19. The largest absolute Gasteiger partial charge is 0.480 e. The van der Waals surface area contributed by atoms with E-state index in [-0.39, 0.29) is 57.1 Å². The number of carboxylic acids is 1. The van der Waals surface area contributed by atoms with Gasteiger partial charge in [-0.1, -0.05) is 48.5 Å². The molecule has 0 saturated heterocycles. The van der Waals surface area contributed by atoms with Crippen molar-refractivity contribution in [1.29, 1.82) is 0 Å². The van der Waals surface area contributed by atoms with E-state index in [1.807, 2.05) is 24.3 Å². The molecule has 0 radical (unpaired) electrons. The number of aliphatic carboxylic acids is 1. The number of para-hydroxylation sites is 1. The van der Waals surface area contributed by atoms with Crippen LogP contribution in [0.3, 0.4) is 0 Å². The predicted octanol–water partition coefficient (Wildman–Crippen LogP) is -1.07. The number of amides is 3. The number of nitrogens with one attached hydrogen (secondary N) is 4. The average Bonchev–Trinajstić information content (AvgIpc) is 3.46. The Morgan fingerprint density at radius 3 is 1.79 bits per heavy atom. The van der Waals surface area contributed by atoms with Crippen molar-refractivity contribution >= 4 is 46.5 Å². The summed E-state index contributed by atoms with van der Waals surface area (Å²) in [5.74, 6) is -3.48. The molecule has 15 N–H and O–H groups in total. The molecule has 3 amide bonds.